The van der Waals surface area contributed by atoms with Crippen LogP contribution in [0.5, 0.6) is 0 Å². The van der Waals surface area contributed by atoms with Crippen LogP contribution in [0, 0.1) is 16.7 Å². The fourth-order valence-electron chi connectivity index (χ4n) is 4.34. The number of carbonyl (C=O) groups excluding carboxylic acids is 3. The van der Waals surface area contributed by atoms with Gasteiger partial charge < -0.3 is 9.47 Å². The lowest BCUT2D eigenvalue weighted by Crippen LogP contribution is -2.48. The quantitative estimate of drug-likeness (QED) is 0.560. The third kappa shape index (κ3) is 3.38. The van der Waals surface area contributed by atoms with Crippen LogP contribution in [0.15, 0.2) is 11.1 Å². The molecule has 1 fully saturated rings. The minimum Gasteiger partial charge on any atom is -0.465 e. The summed E-state index contributed by atoms with van der Waals surface area (Å²) in [6.45, 7) is 9.61. The molecule has 2 atom stereocenters. The van der Waals surface area contributed by atoms with E-state index in [0.29, 0.717) is 12.8 Å². The zero-order valence-corrected chi connectivity index (χ0v) is 16.1. The van der Waals surface area contributed by atoms with E-state index in [1.807, 2.05) is 6.92 Å². The first-order valence-corrected chi connectivity index (χ1v) is 9.28. The van der Waals surface area contributed by atoms with Crippen LogP contribution in [-0.4, -0.2) is 30.9 Å². The van der Waals surface area contributed by atoms with Gasteiger partial charge in [-0.15, -0.1) is 0 Å². The van der Waals surface area contributed by atoms with Crippen molar-refractivity contribution in [1.82, 2.24) is 0 Å². The molecule has 1 unspecified atom stereocenters. The van der Waals surface area contributed by atoms with Gasteiger partial charge in [-0.25, -0.2) is 0 Å². The lowest BCUT2D eigenvalue weighted by molar-refractivity contribution is -0.176. The zero-order valence-electron chi connectivity index (χ0n) is 16.1. The van der Waals surface area contributed by atoms with Crippen molar-refractivity contribution in [3.63, 3.8) is 0 Å². The second-order valence-corrected chi connectivity index (χ2v) is 7.67. The van der Waals surface area contributed by atoms with Crippen LogP contribution in [0.4, 0.5) is 0 Å². The molecule has 5 nitrogen and oxygen atoms in total. The van der Waals surface area contributed by atoms with Gasteiger partial charge in [0, 0.05) is 6.42 Å². The van der Waals surface area contributed by atoms with E-state index in [0.717, 1.165) is 30.4 Å². The Morgan fingerprint density at radius 2 is 1.72 bits per heavy atom. The monoisotopic (exact) mass is 350 g/mol. The number of Topliss-reactive ketones (excluding diaryl/α,β-unsaturated/α-hetero) is 1. The summed E-state index contributed by atoms with van der Waals surface area (Å²) < 4.78 is 10.4. The Labute approximate surface area is 150 Å². The molecule has 0 heterocycles. The van der Waals surface area contributed by atoms with E-state index >= 15 is 0 Å². The highest BCUT2D eigenvalue weighted by molar-refractivity contribution is 6.00. The van der Waals surface area contributed by atoms with Crippen molar-refractivity contribution in [2.24, 2.45) is 16.7 Å². The predicted octanol–water partition coefficient (Wildman–Crippen LogP) is 3.60. The van der Waals surface area contributed by atoms with Gasteiger partial charge >= 0.3 is 11.9 Å². The van der Waals surface area contributed by atoms with Gasteiger partial charge in [-0.3, -0.25) is 14.4 Å². The molecule has 0 amide bonds. The Bertz CT molecular complexity index is 585. The second-order valence-electron chi connectivity index (χ2n) is 7.67. The highest BCUT2D eigenvalue weighted by Crippen LogP contribution is 2.54. The van der Waals surface area contributed by atoms with Gasteiger partial charge in [0.15, 0.2) is 11.2 Å². The number of fused-ring (bicyclic) bond motifs is 1. The standard InChI is InChI=1S/C20H30O5/c1-6-24-17(22)20(5,18(23)25-7-2)14-8-10-19(4)11-9-16(21)13(3)15(19)12-14/h14H,6-12H2,1-5H3/t14?,19-/m1/s1. The highest BCUT2D eigenvalue weighted by atomic mass is 16.6. The molecule has 0 saturated heterocycles. The van der Waals surface area contributed by atoms with E-state index in [9.17, 15) is 14.4 Å². The van der Waals surface area contributed by atoms with E-state index in [4.69, 9.17) is 9.47 Å². The summed E-state index contributed by atoms with van der Waals surface area (Å²) in [5, 5.41) is 0. The molecule has 2 aliphatic carbocycles. The number of rotatable bonds is 5. The van der Waals surface area contributed by atoms with Crippen LogP contribution in [0.1, 0.15) is 66.7 Å². The topological polar surface area (TPSA) is 69.7 Å². The number of hydrogen-bond donors (Lipinski definition) is 0. The molecule has 0 aromatic heterocycles. The Hall–Kier alpha value is -1.65. The Balaban J connectivity index is 2.39. The van der Waals surface area contributed by atoms with Crippen LogP contribution < -0.4 is 0 Å². The molecule has 0 aromatic rings. The Morgan fingerprint density at radius 3 is 2.24 bits per heavy atom. The number of ether oxygens (including phenoxy) is 2. The normalized spacial score (nSPS) is 26.9. The molecule has 2 aliphatic rings. The minimum atomic E-state index is -1.33. The summed E-state index contributed by atoms with van der Waals surface area (Å²) in [5.74, 6) is -1.08. The first-order valence-electron chi connectivity index (χ1n) is 9.28. The number of hydrogen-bond acceptors (Lipinski definition) is 5. The third-order valence-corrected chi connectivity index (χ3v) is 6.21. The minimum absolute atomic E-state index is 0.00126. The van der Waals surface area contributed by atoms with Crippen LogP contribution in [-0.2, 0) is 23.9 Å². The number of allylic oxidation sites excluding steroid dienone is 2. The van der Waals surface area contributed by atoms with Crippen molar-refractivity contribution < 1.29 is 23.9 Å². The zero-order chi connectivity index (χ0) is 18.8. The van der Waals surface area contributed by atoms with Gasteiger partial charge in [0.05, 0.1) is 13.2 Å². The maximum absolute atomic E-state index is 12.7. The summed E-state index contributed by atoms with van der Waals surface area (Å²) in [4.78, 5) is 37.5. The summed E-state index contributed by atoms with van der Waals surface area (Å²) in [6, 6.07) is 0. The third-order valence-electron chi connectivity index (χ3n) is 6.21. The summed E-state index contributed by atoms with van der Waals surface area (Å²) in [7, 11) is 0. The van der Waals surface area contributed by atoms with Gasteiger partial charge in [-0.05, 0) is 70.3 Å². The van der Waals surface area contributed by atoms with Gasteiger partial charge in [0.1, 0.15) is 0 Å². The van der Waals surface area contributed by atoms with Crippen molar-refractivity contribution in [3.8, 4) is 0 Å². The second kappa shape index (κ2) is 7.30. The van der Waals surface area contributed by atoms with Gasteiger partial charge in [-0.2, -0.15) is 0 Å². The highest BCUT2D eigenvalue weighted by Gasteiger charge is 2.54. The van der Waals surface area contributed by atoms with E-state index in [2.05, 4.69) is 6.92 Å². The molecular weight excluding hydrogens is 320 g/mol. The fraction of sp³-hybridized carbons (Fsp3) is 0.750. The molecule has 0 aliphatic heterocycles. The van der Waals surface area contributed by atoms with Crippen molar-refractivity contribution in [2.75, 3.05) is 13.2 Å². The van der Waals surface area contributed by atoms with Crippen molar-refractivity contribution >= 4 is 17.7 Å². The molecule has 1 saturated carbocycles. The van der Waals surface area contributed by atoms with Crippen LogP contribution in [0.3, 0.4) is 0 Å². The molecule has 5 heteroatoms. The molecular formula is C20H30O5. The van der Waals surface area contributed by atoms with E-state index in [-0.39, 0.29) is 30.3 Å². The molecule has 0 N–H and O–H groups in total. The summed E-state index contributed by atoms with van der Waals surface area (Å²) in [5.41, 5.74) is 0.591. The SMILES string of the molecule is CCOC(=O)C(C)(C(=O)OCC)C1CC[C@]2(C)CCC(=O)C(C)=C2C1. The van der Waals surface area contributed by atoms with E-state index < -0.39 is 17.4 Å². The average Bonchev–Trinajstić information content (AvgIpc) is 2.58. The lowest BCUT2D eigenvalue weighted by Gasteiger charge is -2.46. The maximum Gasteiger partial charge on any atom is 0.323 e. The number of esters is 2. The first kappa shape index (κ1) is 19.7. The van der Waals surface area contributed by atoms with Gasteiger partial charge in [-0.1, -0.05) is 12.5 Å². The van der Waals surface area contributed by atoms with Crippen LogP contribution in [0.2, 0.25) is 0 Å². The van der Waals surface area contributed by atoms with Gasteiger partial charge in [0.2, 0.25) is 0 Å². The molecule has 25 heavy (non-hydrogen) atoms. The maximum atomic E-state index is 12.7. The van der Waals surface area contributed by atoms with Crippen molar-refractivity contribution in [1.29, 1.82) is 0 Å². The summed E-state index contributed by atoms with van der Waals surface area (Å²) >= 11 is 0. The first-order chi connectivity index (χ1) is 11.7. The Morgan fingerprint density at radius 1 is 1.16 bits per heavy atom. The molecule has 0 bridgehead atoms. The number of ketones is 1. The average molecular weight is 350 g/mol. The van der Waals surface area contributed by atoms with Crippen LogP contribution in [0.25, 0.3) is 0 Å². The molecule has 140 valence electrons. The van der Waals surface area contributed by atoms with Crippen molar-refractivity contribution in [3.05, 3.63) is 11.1 Å². The largest absolute Gasteiger partial charge is 0.465 e. The van der Waals surface area contributed by atoms with Gasteiger partial charge in [0.25, 0.3) is 0 Å². The van der Waals surface area contributed by atoms with Crippen molar-refractivity contribution in [2.45, 2.75) is 66.7 Å². The smallest absolute Gasteiger partial charge is 0.323 e. The molecule has 0 spiro atoms. The fourth-order valence-corrected chi connectivity index (χ4v) is 4.34. The van der Waals surface area contributed by atoms with E-state index in [1.165, 1.54) is 0 Å². The Kier molecular flexibility index (Phi) is 5.75. The van der Waals surface area contributed by atoms with E-state index in [1.54, 1.807) is 20.8 Å². The molecule has 0 aromatic carbocycles. The van der Waals surface area contributed by atoms with Crippen LogP contribution >= 0.6 is 0 Å². The predicted molar refractivity (Wildman–Crippen MR) is 93.8 cm³/mol. The lowest BCUT2D eigenvalue weighted by atomic mass is 9.57. The molecule has 0 radical (unpaired) electrons. The summed E-state index contributed by atoms with van der Waals surface area (Å²) in [6.07, 6.45) is 3.62. The number of carbonyl (C=O) groups is 3. The molecule has 2 rings (SSSR count).